The average molecular weight is 275 g/mol. The number of anilines is 1. The first-order valence-electron chi connectivity index (χ1n) is 6.63. The first-order chi connectivity index (χ1) is 9.47. The van der Waals surface area contributed by atoms with Crippen LogP contribution in [0.4, 0.5) is 5.82 Å². The minimum atomic E-state index is -0.597. The number of primary amides is 1. The average Bonchev–Trinajstić information content (AvgIpc) is 2.86. The lowest BCUT2D eigenvalue weighted by molar-refractivity contribution is -0.132. The van der Waals surface area contributed by atoms with Crippen LogP contribution in [0.15, 0.2) is 12.1 Å². The summed E-state index contributed by atoms with van der Waals surface area (Å²) in [4.78, 5) is 28.7. The Bertz CT molecular complexity index is 516. The number of amides is 2. The van der Waals surface area contributed by atoms with Gasteiger partial charge in [-0.15, -0.1) is 0 Å². The standard InChI is InChI=1S/C14H19N4O2/c1-18(2)14(20)9-6-7-10(8-9)16-12-5-3-4-11(17-12)13(15)19/h3,5,9-10H,6-8H2,1-2H3,(H2,15,19)(H,16,17)/t9-,10-/m0/s1. The van der Waals surface area contributed by atoms with Crippen molar-refractivity contribution >= 4 is 17.6 Å². The zero-order valence-corrected chi connectivity index (χ0v) is 11.7. The number of pyridine rings is 1. The van der Waals surface area contributed by atoms with Crippen LogP contribution in [-0.4, -0.2) is 41.8 Å². The fourth-order valence-corrected chi connectivity index (χ4v) is 2.51. The maximum Gasteiger partial charge on any atom is 0.268 e. The normalized spacial score (nSPS) is 21.5. The van der Waals surface area contributed by atoms with Crippen LogP contribution in [0, 0.1) is 12.0 Å². The molecule has 0 bridgehead atoms. The van der Waals surface area contributed by atoms with Gasteiger partial charge in [0.2, 0.25) is 5.91 Å². The van der Waals surface area contributed by atoms with Crippen molar-refractivity contribution in [1.29, 1.82) is 0 Å². The monoisotopic (exact) mass is 275 g/mol. The Hall–Kier alpha value is -2.11. The summed E-state index contributed by atoms with van der Waals surface area (Å²) < 4.78 is 0. The van der Waals surface area contributed by atoms with Crippen molar-refractivity contribution in [2.24, 2.45) is 11.7 Å². The van der Waals surface area contributed by atoms with Gasteiger partial charge in [0.15, 0.2) is 0 Å². The number of hydrogen-bond acceptors (Lipinski definition) is 4. The molecule has 2 atom stereocenters. The third-order valence-corrected chi connectivity index (χ3v) is 3.50. The van der Waals surface area contributed by atoms with E-state index < -0.39 is 5.91 Å². The zero-order valence-electron chi connectivity index (χ0n) is 11.7. The zero-order chi connectivity index (χ0) is 14.7. The Kier molecular flexibility index (Phi) is 4.22. The third-order valence-electron chi connectivity index (χ3n) is 3.50. The van der Waals surface area contributed by atoms with Crippen LogP contribution in [0.5, 0.6) is 0 Å². The van der Waals surface area contributed by atoms with Crippen LogP contribution in [0.1, 0.15) is 29.8 Å². The molecular formula is C14H19N4O2. The van der Waals surface area contributed by atoms with Crippen molar-refractivity contribution in [1.82, 2.24) is 9.88 Å². The second-order valence-corrected chi connectivity index (χ2v) is 5.27. The van der Waals surface area contributed by atoms with Crippen molar-refractivity contribution in [2.75, 3.05) is 19.4 Å². The van der Waals surface area contributed by atoms with Crippen LogP contribution >= 0.6 is 0 Å². The first-order valence-corrected chi connectivity index (χ1v) is 6.63. The highest BCUT2D eigenvalue weighted by Crippen LogP contribution is 2.28. The van der Waals surface area contributed by atoms with E-state index in [-0.39, 0.29) is 23.6 Å². The van der Waals surface area contributed by atoms with Gasteiger partial charge in [-0.05, 0) is 31.4 Å². The minimum Gasteiger partial charge on any atom is -0.367 e. The number of nitrogens with zero attached hydrogens (tertiary/aromatic N) is 2. The molecule has 0 aliphatic heterocycles. The SMILES string of the molecule is CN(C)C(=O)[C@H]1CC[C@H](Nc2cc[c]c(C(N)=O)n2)C1. The summed E-state index contributed by atoms with van der Waals surface area (Å²) in [7, 11) is 3.55. The summed E-state index contributed by atoms with van der Waals surface area (Å²) in [5.74, 6) is 0.233. The summed E-state index contributed by atoms with van der Waals surface area (Å²) in [6.45, 7) is 0. The summed E-state index contributed by atoms with van der Waals surface area (Å²) in [6.07, 6.45) is 2.57. The molecule has 1 fully saturated rings. The van der Waals surface area contributed by atoms with E-state index in [0.717, 1.165) is 19.3 Å². The number of nitrogens with one attached hydrogen (secondary N) is 1. The number of aromatic nitrogens is 1. The van der Waals surface area contributed by atoms with Gasteiger partial charge in [-0.2, -0.15) is 0 Å². The van der Waals surface area contributed by atoms with Crippen LogP contribution in [0.25, 0.3) is 0 Å². The maximum absolute atomic E-state index is 11.9. The van der Waals surface area contributed by atoms with Crippen molar-refractivity contribution in [2.45, 2.75) is 25.3 Å². The van der Waals surface area contributed by atoms with Gasteiger partial charge in [0.05, 0.1) is 0 Å². The van der Waals surface area contributed by atoms with E-state index in [2.05, 4.69) is 16.4 Å². The second kappa shape index (κ2) is 5.90. The molecule has 20 heavy (non-hydrogen) atoms. The molecule has 1 aromatic rings. The second-order valence-electron chi connectivity index (χ2n) is 5.27. The molecule has 3 N–H and O–H groups in total. The lowest BCUT2D eigenvalue weighted by atomic mass is 10.1. The lowest BCUT2D eigenvalue weighted by Gasteiger charge is -2.17. The molecule has 0 saturated heterocycles. The van der Waals surface area contributed by atoms with Gasteiger partial charge in [-0.1, -0.05) is 0 Å². The van der Waals surface area contributed by atoms with Gasteiger partial charge in [-0.3, -0.25) is 9.59 Å². The molecule has 6 nitrogen and oxygen atoms in total. The molecule has 2 rings (SSSR count). The number of carbonyl (C=O) groups excluding carboxylic acids is 2. The van der Waals surface area contributed by atoms with E-state index in [1.165, 1.54) is 0 Å². The fourth-order valence-electron chi connectivity index (χ4n) is 2.51. The molecule has 0 spiro atoms. The van der Waals surface area contributed by atoms with Crippen LogP contribution in [0.3, 0.4) is 0 Å². The molecule has 1 heterocycles. The maximum atomic E-state index is 11.9. The van der Waals surface area contributed by atoms with Gasteiger partial charge in [0, 0.05) is 32.1 Å². The number of rotatable bonds is 4. The van der Waals surface area contributed by atoms with Crippen molar-refractivity contribution < 1.29 is 9.59 Å². The van der Waals surface area contributed by atoms with Crippen molar-refractivity contribution in [3.05, 3.63) is 23.9 Å². The predicted molar refractivity (Wildman–Crippen MR) is 75.0 cm³/mol. The van der Waals surface area contributed by atoms with Gasteiger partial charge in [0.25, 0.3) is 5.91 Å². The number of carbonyl (C=O) groups is 2. The molecule has 0 aromatic carbocycles. The topological polar surface area (TPSA) is 88.3 Å². The summed E-state index contributed by atoms with van der Waals surface area (Å²) in [5.41, 5.74) is 5.29. The van der Waals surface area contributed by atoms with Crippen molar-refractivity contribution in [3.63, 3.8) is 0 Å². The highest BCUT2D eigenvalue weighted by molar-refractivity contribution is 5.90. The molecule has 1 aromatic heterocycles. The van der Waals surface area contributed by atoms with Crippen molar-refractivity contribution in [3.8, 4) is 0 Å². The Labute approximate surface area is 118 Å². The quantitative estimate of drug-likeness (QED) is 0.844. The molecule has 107 valence electrons. The molecule has 2 amide bonds. The smallest absolute Gasteiger partial charge is 0.268 e. The molecule has 1 aliphatic rings. The summed E-state index contributed by atoms with van der Waals surface area (Å²) >= 11 is 0. The molecule has 1 aliphatic carbocycles. The van der Waals surface area contributed by atoms with E-state index >= 15 is 0 Å². The Morgan fingerprint density at radius 1 is 1.45 bits per heavy atom. The van der Waals surface area contributed by atoms with Gasteiger partial charge in [-0.25, -0.2) is 4.98 Å². The van der Waals surface area contributed by atoms with Crippen LogP contribution < -0.4 is 11.1 Å². The largest absolute Gasteiger partial charge is 0.367 e. The number of nitrogens with two attached hydrogens (primary N) is 1. The highest BCUT2D eigenvalue weighted by atomic mass is 16.2. The molecular weight excluding hydrogens is 256 g/mol. The number of hydrogen-bond donors (Lipinski definition) is 2. The van der Waals surface area contributed by atoms with E-state index in [1.807, 2.05) is 0 Å². The minimum absolute atomic E-state index is 0.0633. The van der Waals surface area contributed by atoms with E-state index in [4.69, 9.17) is 5.73 Å². The molecule has 1 saturated carbocycles. The van der Waals surface area contributed by atoms with Crippen LogP contribution in [0.2, 0.25) is 0 Å². The Balaban J connectivity index is 1.97. The molecule has 0 unspecified atom stereocenters. The van der Waals surface area contributed by atoms with Crippen LogP contribution in [-0.2, 0) is 4.79 Å². The van der Waals surface area contributed by atoms with Gasteiger partial charge in [0.1, 0.15) is 11.5 Å². The van der Waals surface area contributed by atoms with Gasteiger partial charge >= 0.3 is 0 Å². The summed E-state index contributed by atoms with van der Waals surface area (Å²) in [6, 6.07) is 6.24. The summed E-state index contributed by atoms with van der Waals surface area (Å²) in [5, 5.41) is 3.25. The lowest BCUT2D eigenvalue weighted by Crippen LogP contribution is -2.29. The predicted octanol–water partition coefficient (Wildman–Crippen LogP) is 0.649. The molecule has 1 radical (unpaired) electrons. The Morgan fingerprint density at radius 3 is 2.85 bits per heavy atom. The van der Waals surface area contributed by atoms with E-state index in [1.54, 1.807) is 31.1 Å². The van der Waals surface area contributed by atoms with Gasteiger partial charge < -0.3 is 16.0 Å². The van der Waals surface area contributed by atoms with E-state index in [0.29, 0.717) is 5.82 Å². The molecule has 6 heteroatoms. The Morgan fingerprint density at radius 2 is 2.20 bits per heavy atom. The highest BCUT2D eigenvalue weighted by Gasteiger charge is 2.30. The van der Waals surface area contributed by atoms with E-state index in [9.17, 15) is 9.59 Å². The first kappa shape index (κ1) is 14.3. The third kappa shape index (κ3) is 3.26. The fraction of sp³-hybridized carbons (Fsp3) is 0.500.